The minimum atomic E-state index is -4.22. The standard InChI is InChI=1S/C7H17O4P/c1-2-3-4-5-6-7-11-12(8,9)10/h2-7H2,1H3,(H2,8,9,10). The van der Waals surface area contributed by atoms with Gasteiger partial charge in [0.05, 0.1) is 6.61 Å². The van der Waals surface area contributed by atoms with Crippen LogP contribution in [0.2, 0.25) is 0 Å². The Hall–Kier alpha value is 0.110. The van der Waals surface area contributed by atoms with Crippen molar-refractivity contribution in [2.24, 2.45) is 0 Å². The Kier molecular flexibility index (Phi) is 6.67. The van der Waals surface area contributed by atoms with Crippen LogP contribution in [-0.4, -0.2) is 16.4 Å². The summed E-state index contributed by atoms with van der Waals surface area (Å²) in [5.74, 6) is 0. The van der Waals surface area contributed by atoms with Crippen molar-refractivity contribution in [3.05, 3.63) is 0 Å². The van der Waals surface area contributed by atoms with Crippen LogP contribution in [0.25, 0.3) is 0 Å². The smallest absolute Gasteiger partial charge is 0.303 e. The molecule has 0 aromatic carbocycles. The Bertz CT molecular complexity index is 142. The van der Waals surface area contributed by atoms with Gasteiger partial charge in [0.15, 0.2) is 0 Å². The molecule has 0 aliphatic rings. The fraction of sp³-hybridized carbons (Fsp3) is 1.00. The second kappa shape index (κ2) is 6.61. The minimum absolute atomic E-state index is 0.161. The van der Waals surface area contributed by atoms with E-state index in [0.717, 1.165) is 19.3 Å². The molecule has 0 aliphatic carbocycles. The first kappa shape index (κ1) is 12.1. The summed E-state index contributed by atoms with van der Waals surface area (Å²) < 4.78 is 14.5. The van der Waals surface area contributed by atoms with Gasteiger partial charge in [-0.2, -0.15) is 0 Å². The molecule has 0 unspecified atom stereocenters. The van der Waals surface area contributed by atoms with Crippen molar-refractivity contribution < 1.29 is 18.9 Å². The van der Waals surface area contributed by atoms with Crippen LogP contribution in [0, 0.1) is 0 Å². The fourth-order valence-corrected chi connectivity index (χ4v) is 1.26. The lowest BCUT2D eigenvalue weighted by atomic mass is 10.2. The van der Waals surface area contributed by atoms with Crippen LogP contribution in [0.4, 0.5) is 0 Å². The molecule has 0 bridgehead atoms. The maximum atomic E-state index is 10.2. The van der Waals surface area contributed by atoms with Gasteiger partial charge in [-0.05, 0) is 6.42 Å². The average Bonchev–Trinajstić information content (AvgIpc) is 1.94. The van der Waals surface area contributed by atoms with Crippen molar-refractivity contribution in [1.82, 2.24) is 0 Å². The molecule has 0 atom stereocenters. The van der Waals surface area contributed by atoms with E-state index in [1.807, 2.05) is 0 Å². The maximum Gasteiger partial charge on any atom is 0.469 e. The molecule has 2 N–H and O–H groups in total. The van der Waals surface area contributed by atoms with Gasteiger partial charge in [0, 0.05) is 0 Å². The van der Waals surface area contributed by atoms with E-state index in [4.69, 9.17) is 9.79 Å². The monoisotopic (exact) mass is 196 g/mol. The molecule has 0 fully saturated rings. The van der Waals surface area contributed by atoms with E-state index >= 15 is 0 Å². The lowest BCUT2D eigenvalue weighted by Gasteiger charge is -2.03. The van der Waals surface area contributed by atoms with E-state index in [1.165, 1.54) is 12.8 Å². The Morgan fingerprint density at radius 2 is 1.75 bits per heavy atom. The number of unbranched alkanes of at least 4 members (excludes halogenated alkanes) is 4. The molecule has 0 spiro atoms. The molecule has 74 valence electrons. The van der Waals surface area contributed by atoms with Crippen molar-refractivity contribution in [3.8, 4) is 0 Å². The summed E-state index contributed by atoms with van der Waals surface area (Å²) in [4.78, 5) is 16.6. The van der Waals surface area contributed by atoms with Crippen LogP contribution in [0.5, 0.6) is 0 Å². The van der Waals surface area contributed by atoms with E-state index in [0.29, 0.717) is 0 Å². The van der Waals surface area contributed by atoms with E-state index in [-0.39, 0.29) is 6.61 Å². The van der Waals surface area contributed by atoms with Gasteiger partial charge < -0.3 is 9.79 Å². The molecule has 4 nitrogen and oxygen atoms in total. The zero-order valence-corrected chi connectivity index (χ0v) is 8.30. The second-order valence-corrected chi connectivity index (χ2v) is 3.98. The summed E-state index contributed by atoms with van der Waals surface area (Å²) in [5.41, 5.74) is 0. The Labute approximate surface area is 73.2 Å². The molecule has 0 amide bonds. The van der Waals surface area contributed by atoms with Crippen molar-refractivity contribution >= 4 is 7.82 Å². The minimum Gasteiger partial charge on any atom is -0.303 e. The summed E-state index contributed by atoms with van der Waals surface area (Å²) in [6.07, 6.45) is 5.16. The molecule has 0 saturated carbocycles. The molecular weight excluding hydrogens is 179 g/mol. The summed E-state index contributed by atoms with van der Waals surface area (Å²) in [5, 5.41) is 0. The molecule has 0 aliphatic heterocycles. The predicted molar refractivity (Wildman–Crippen MR) is 46.8 cm³/mol. The van der Waals surface area contributed by atoms with Crippen LogP contribution >= 0.6 is 7.82 Å². The zero-order valence-electron chi connectivity index (χ0n) is 7.40. The van der Waals surface area contributed by atoms with Gasteiger partial charge in [-0.25, -0.2) is 4.57 Å². The third-order valence-corrected chi connectivity index (χ3v) is 2.03. The number of phosphoric acid groups is 1. The van der Waals surface area contributed by atoms with Gasteiger partial charge in [0.1, 0.15) is 0 Å². The predicted octanol–water partition coefficient (Wildman–Crippen LogP) is 2.07. The highest BCUT2D eigenvalue weighted by Gasteiger charge is 2.11. The highest BCUT2D eigenvalue weighted by molar-refractivity contribution is 7.46. The van der Waals surface area contributed by atoms with Crippen LogP contribution in [0.3, 0.4) is 0 Å². The number of hydrogen-bond donors (Lipinski definition) is 2. The Morgan fingerprint density at radius 1 is 1.17 bits per heavy atom. The van der Waals surface area contributed by atoms with Gasteiger partial charge in [0.2, 0.25) is 0 Å². The first-order chi connectivity index (χ1) is 5.56. The molecular formula is C7H17O4P. The van der Waals surface area contributed by atoms with E-state index < -0.39 is 7.82 Å². The summed E-state index contributed by atoms with van der Waals surface area (Å²) in [6.45, 7) is 2.28. The highest BCUT2D eigenvalue weighted by atomic mass is 31.2. The van der Waals surface area contributed by atoms with E-state index in [1.54, 1.807) is 0 Å². The van der Waals surface area contributed by atoms with Gasteiger partial charge in [-0.1, -0.05) is 32.6 Å². The third kappa shape index (κ3) is 10.1. The summed E-state index contributed by atoms with van der Waals surface area (Å²) in [7, 11) is -4.22. The van der Waals surface area contributed by atoms with Crippen molar-refractivity contribution in [2.75, 3.05) is 6.61 Å². The SMILES string of the molecule is CCCCCCCOP(=O)(O)O. The Morgan fingerprint density at radius 3 is 2.25 bits per heavy atom. The van der Waals surface area contributed by atoms with Crippen LogP contribution < -0.4 is 0 Å². The topological polar surface area (TPSA) is 66.8 Å². The van der Waals surface area contributed by atoms with E-state index in [2.05, 4.69) is 11.4 Å². The molecule has 0 saturated heterocycles. The van der Waals surface area contributed by atoms with Gasteiger partial charge in [0.25, 0.3) is 0 Å². The lowest BCUT2D eigenvalue weighted by molar-refractivity contribution is 0.193. The number of rotatable bonds is 7. The molecule has 0 heterocycles. The van der Waals surface area contributed by atoms with Crippen molar-refractivity contribution in [2.45, 2.75) is 39.0 Å². The normalized spacial score (nSPS) is 11.9. The first-order valence-corrected chi connectivity index (χ1v) is 5.79. The van der Waals surface area contributed by atoms with Crippen LogP contribution in [0.15, 0.2) is 0 Å². The first-order valence-electron chi connectivity index (χ1n) is 4.26. The number of hydrogen-bond acceptors (Lipinski definition) is 2. The van der Waals surface area contributed by atoms with Gasteiger partial charge >= 0.3 is 7.82 Å². The van der Waals surface area contributed by atoms with Crippen molar-refractivity contribution in [1.29, 1.82) is 0 Å². The average molecular weight is 196 g/mol. The molecule has 0 aromatic rings. The molecule has 0 aromatic heterocycles. The molecule has 0 radical (unpaired) electrons. The third-order valence-electron chi connectivity index (χ3n) is 1.51. The Balaban J connectivity index is 3.06. The highest BCUT2D eigenvalue weighted by Crippen LogP contribution is 2.35. The maximum absolute atomic E-state index is 10.2. The van der Waals surface area contributed by atoms with Crippen molar-refractivity contribution in [3.63, 3.8) is 0 Å². The fourth-order valence-electron chi connectivity index (χ4n) is 0.889. The zero-order chi connectivity index (χ0) is 9.45. The van der Waals surface area contributed by atoms with Gasteiger partial charge in [-0.15, -0.1) is 0 Å². The second-order valence-electron chi connectivity index (χ2n) is 2.74. The molecule has 12 heavy (non-hydrogen) atoms. The lowest BCUT2D eigenvalue weighted by Crippen LogP contribution is -1.91. The molecule has 5 heteroatoms. The summed E-state index contributed by atoms with van der Waals surface area (Å²) >= 11 is 0. The van der Waals surface area contributed by atoms with Gasteiger partial charge in [-0.3, -0.25) is 4.52 Å². The summed E-state index contributed by atoms with van der Waals surface area (Å²) in [6, 6.07) is 0. The largest absolute Gasteiger partial charge is 0.469 e. The number of phosphoric ester groups is 1. The van der Waals surface area contributed by atoms with Crippen LogP contribution in [0.1, 0.15) is 39.0 Å². The molecule has 0 rings (SSSR count). The quantitative estimate of drug-likeness (QED) is 0.483. The van der Waals surface area contributed by atoms with Crippen LogP contribution in [-0.2, 0) is 9.09 Å². The van der Waals surface area contributed by atoms with E-state index in [9.17, 15) is 4.57 Å².